The van der Waals surface area contributed by atoms with Crippen molar-refractivity contribution < 1.29 is 54.1 Å². The zero-order valence-electron chi connectivity index (χ0n) is 26.1. The van der Waals surface area contributed by atoms with Crippen LogP contribution in [0, 0.1) is 5.92 Å². The van der Waals surface area contributed by atoms with Crippen LogP contribution in [-0.4, -0.2) is 118 Å². The van der Waals surface area contributed by atoms with Gasteiger partial charge in [-0.05, 0) is 35.0 Å². The third-order valence-corrected chi connectivity index (χ3v) is 9.98. The third-order valence-electron chi connectivity index (χ3n) is 8.66. The summed E-state index contributed by atoms with van der Waals surface area (Å²) in [7, 11) is 2.91. The van der Waals surface area contributed by atoms with Crippen LogP contribution in [0.1, 0.15) is 27.6 Å². The number of rotatable bonds is 10. The predicted molar refractivity (Wildman–Crippen MR) is 172 cm³/mol. The van der Waals surface area contributed by atoms with E-state index in [4.69, 9.17) is 18.9 Å². The van der Waals surface area contributed by atoms with Crippen LogP contribution in [0.15, 0.2) is 60.7 Å². The first kappa shape index (κ1) is 34.9. The summed E-state index contributed by atoms with van der Waals surface area (Å²) < 4.78 is 22.3. The van der Waals surface area contributed by atoms with Gasteiger partial charge < -0.3 is 55.1 Å². The van der Waals surface area contributed by atoms with Crippen LogP contribution < -0.4 is 20.1 Å². The molecule has 0 aromatic heterocycles. The van der Waals surface area contributed by atoms with Gasteiger partial charge in [0.05, 0.1) is 45.6 Å². The fourth-order valence-electron chi connectivity index (χ4n) is 5.87. The second kappa shape index (κ2) is 15.2. The number of fused-ring (bicyclic) bond motifs is 1. The molecule has 2 aliphatic heterocycles. The second-order valence-electron chi connectivity index (χ2n) is 11.6. The van der Waals surface area contributed by atoms with E-state index in [1.54, 1.807) is 31.2 Å². The average molecular weight is 673 g/mol. The van der Waals surface area contributed by atoms with Crippen LogP contribution in [-0.2, 0) is 9.47 Å². The molecule has 0 saturated carbocycles. The molecule has 47 heavy (non-hydrogen) atoms. The van der Waals surface area contributed by atoms with Crippen molar-refractivity contribution in [2.75, 3.05) is 27.4 Å². The highest BCUT2D eigenvalue weighted by molar-refractivity contribution is 8.00. The lowest BCUT2D eigenvalue weighted by Crippen LogP contribution is -2.65. The molecule has 2 aliphatic rings. The second-order valence-corrected chi connectivity index (χ2v) is 12.8. The van der Waals surface area contributed by atoms with Gasteiger partial charge in [-0.15, -0.1) is 0 Å². The summed E-state index contributed by atoms with van der Waals surface area (Å²) in [5.41, 5.74) is -1.83. The number of thioether (sulfide) groups is 1. The third kappa shape index (κ3) is 7.50. The maximum absolute atomic E-state index is 13.3. The normalized spacial score (nSPS) is 30.8. The smallest absolute Gasteiger partial charge is 0.251 e. The number of ether oxygens (including phenoxy) is 4. The van der Waals surface area contributed by atoms with Gasteiger partial charge >= 0.3 is 0 Å². The van der Waals surface area contributed by atoms with Gasteiger partial charge in [0.25, 0.3) is 11.8 Å². The lowest BCUT2D eigenvalue weighted by molar-refractivity contribution is -0.168. The van der Waals surface area contributed by atoms with E-state index in [0.717, 1.165) is 22.5 Å². The van der Waals surface area contributed by atoms with Gasteiger partial charge in [-0.2, -0.15) is 0 Å². The van der Waals surface area contributed by atoms with Crippen molar-refractivity contribution in [3.8, 4) is 11.5 Å². The molecular weight excluding hydrogens is 632 g/mol. The summed E-state index contributed by atoms with van der Waals surface area (Å²) in [5.74, 6) is -0.844. The largest absolute Gasteiger partial charge is 0.497 e. The first-order chi connectivity index (χ1) is 22.6. The first-order valence-corrected chi connectivity index (χ1v) is 16.1. The summed E-state index contributed by atoms with van der Waals surface area (Å²) in [6, 6.07) is 15.1. The Morgan fingerprint density at radius 3 is 1.89 bits per heavy atom. The van der Waals surface area contributed by atoms with E-state index in [0.29, 0.717) is 17.1 Å². The molecule has 254 valence electrons. The van der Waals surface area contributed by atoms with Crippen molar-refractivity contribution >= 4 is 34.3 Å². The number of benzene rings is 3. The number of hydrogen-bond donors (Lipinski definition) is 7. The number of carbonyl (C=O) groups excluding carboxylic acids is 2. The molecule has 7 N–H and O–H groups in total. The maximum Gasteiger partial charge on any atom is 0.251 e. The minimum absolute atomic E-state index is 0.215. The van der Waals surface area contributed by atoms with Crippen LogP contribution in [0.3, 0.4) is 0 Å². The molecule has 13 nitrogen and oxygen atoms in total. The fourth-order valence-corrected chi connectivity index (χ4v) is 7.21. The van der Waals surface area contributed by atoms with Gasteiger partial charge in [-0.3, -0.25) is 9.59 Å². The molecule has 0 radical (unpaired) electrons. The molecule has 2 fully saturated rings. The van der Waals surface area contributed by atoms with Crippen molar-refractivity contribution in [3.05, 3.63) is 71.8 Å². The number of aliphatic hydroxyl groups excluding tert-OH is 5. The van der Waals surface area contributed by atoms with E-state index in [2.05, 4.69) is 10.6 Å². The lowest BCUT2D eigenvalue weighted by Gasteiger charge is -2.47. The van der Waals surface area contributed by atoms with E-state index in [1.807, 2.05) is 24.3 Å². The zero-order chi connectivity index (χ0) is 33.8. The quantitative estimate of drug-likeness (QED) is 0.159. The SMILES string of the molecule is COc1cc(OC)cc(C(=O)NC2C(O)[C@H](S[C@@H]3OC(CO)[C@H](O)C(NC(=O)c4ccc5ccccc5c4)[C@@H]3O)O[C@H](CO)[C@@H]2C)c1. The number of hydrogen-bond acceptors (Lipinski definition) is 12. The molecule has 5 rings (SSSR count). The Kier molecular flexibility index (Phi) is 11.3. The highest BCUT2D eigenvalue weighted by Gasteiger charge is 2.50. The summed E-state index contributed by atoms with van der Waals surface area (Å²) in [4.78, 5) is 26.6. The van der Waals surface area contributed by atoms with Crippen molar-refractivity contribution in [1.82, 2.24) is 10.6 Å². The van der Waals surface area contributed by atoms with Crippen molar-refractivity contribution in [2.45, 2.75) is 60.4 Å². The molecule has 4 unspecified atom stereocenters. The Bertz CT molecular complexity index is 1540. The van der Waals surface area contributed by atoms with Crippen LogP contribution in [0.2, 0.25) is 0 Å². The van der Waals surface area contributed by atoms with Crippen LogP contribution in [0.25, 0.3) is 10.8 Å². The number of aliphatic hydroxyl groups is 5. The summed E-state index contributed by atoms with van der Waals surface area (Å²) in [5, 5.41) is 61.1. The van der Waals surface area contributed by atoms with E-state index in [1.165, 1.54) is 26.4 Å². The Hall–Kier alpha value is -3.47. The highest BCUT2D eigenvalue weighted by atomic mass is 32.2. The summed E-state index contributed by atoms with van der Waals surface area (Å²) >= 11 is 0.847. The summed E-state index contributed by atoms with van der Waals surface area (Å²) in [6.45, 7) is 0.658. The van der Waals surface area contributed by atoms with Crippen LogP contribution >= 0.6 is 11.8 Å². The van der Waals surface area contributed by atoms with Crippen molar-refractivity contribution in [3.63, 3.8) is 0 Å². The first-order valence-electron chi connectivity index (χ1n) is 15.1. The van der Waals surface area contributed by atoms with Crippen molar-refractivity contribution in [1.29, 1.82) is 0 Å². The van der Waals surface area contributed by atoms with E-state index in [-0.39, 0.29) is 5.56 Å². The Morgan fingerprint density at radius 2 is 1.28 bits per heavy atom. The topological polar surface area (TPSA) is 196 Å². The van der Waals surface area contributed by atoms with Gasteiger partial charge in [0.1, 0.15) is 46.8 Å². The van der Waals surface area contributed by atoms with Crippen LogP contribution in [0.4, 0.5) is 0 Å². The molecule has 0 bridgehead atoms. The molecular formula is C33H40N2O11S. The lowest BCUT2D eigenvalue weighted by atomic mass is 9.89. The minimum atomic E-state index is -1.51. The summed E-state index contributed by atoms with van der Waals surface area (Å²) in [6.07, 6.45) is -6.34. The van der Waals surface area contributed by atoms with Gasteiger partial charge in [0, 0.05) is 23.1 Å². The standard InChI is InChI=1S/C33H40N2O11S/c1-16-23(14-36)45-32(28(39)25(16)34-31(42)20-11-21(43-2)13-22(12-20)44-3)47-33-29(40)26(27(38)24(15-37)46-33)35-30(41)19-9-8-17-6-4-5-7-18(17)10-19/h4-13,16,23-29,32-33,36-40H,14-15H2,1-3H3,(H,34,42)(H,35,41)/t16-,23+,24?,25?,26?,27-,28?,29-,32-,33-/m0/s1. The van der Waals surface area contributed by atoms with Crippen molar-refractivity contribution in [2.24, 2.45) is 5.92 Å². The maximum atomic E-state index is 13.3. The highest BCUT2D eigenvalue weighted by Crippen LogP contribution is 2.38. The molecule has 2 saturated heterocycles. The molecule has 0 spiro atoms. The van der Waals surface area contributed by atoms with E-state index >= 15 is 0 Å². The Labute approximate surface area is 275 Å². The fraction of sp³-hybridized carbons (Fsp3) is 0.455. The number of methoxy groups -OCH3 is 2. The Balaban J connectivity index is 1.33. The van der Waals surface area contributed by atoms with Gasteiger partial charge in [-0.1, -0.05) is 49.0 Å². The Morgan fingerprint density at radius 1 is 0.723 bits per heavy atom. The van der Waals surface area contributed by atoms with E-state index in [9.17, 15) is 35.1 Å². The monoisotopic (exact) mass is 672 g/mol. The molecule has 3 aromatic carbocycles. The number of amides is 2. The molecule has 3 aromatic rings. The molecule has 2 heterocycles. The number of carbonyl (C=O) groups is 2. The molecule has 0 aliphatic carbocycles. The molecule has 14 heteroatoms. The zero-order valence-corrected chi connectivity index (χ0v) is 26.9. The predicted octanol–water partition coefficient (Wildman–Crippen LogP) is 0.640. The van der Waals surface area contributed by atoms with E-state index < -0.39 is 84.4 Å². The van der Waals surface area contributed by atoms with Gasteiger partial charge in [0.2, 0.25) is 0 Å². The average Bonchev–Trinajstić information content (AvgIpc) is 3.09. The molecule has 2 amide bonds. The van der Waals surface area contributed by atoms with Crippen LogP contribution in [0.5, 0.6) is 11.5 Å². The number of nitrogens with one attached hydrogen (secondary N) is 2. The molecule has 10 atom stereocenters. The minimum Gasteiger partial charge on any atom is -0.497 e. The van der Waals surface area contributed by atoms with Gasteiger partial charge in [0.15, 0.2) is 0 Å². The van der Waals surface area contributed by atoms with Gasteiger partial charge in [-0.25, -0.2) is 0 Å².